The average molecular weight is 542 g/mol. The van der Waals surface area contributed by atoms with Gasteiger partial charge in [0.2, 0.25) is 5.76 Å². The minimum atomic E-state index is -0.625. The zero-order chi connectivity index (χ0) is 28.4. The number of carbonyl (C=O) groups is 1. The molecule has 1 aromatic heterocycles. The summed E-state index contributed by atoms with van der Waals surface area (Å²) in [6.07, 6.45) is 0.713. The minimum Gasteiger partial charge on any atom is -0.493 e. The Morgan fingerprint density at radius 3 is 2.48 bits per heavy atom. The van der Waals surface area contributed by atoms with Crippen LogP contribution in [0.1, 0.15) is 64.7 Å². The molecule has 0 saturated carbocycles. The molecule has 7 nitrogen and oxygen atoms in total. The van der Waals surface area contributed by atoms with E-state index in [1.54, 1.807) is 12.0 Å². The van der Waals surface area contributed by atoms with E-state index in [0.717, 1.165) is 22.3 Å². The normalized spacial score (nSPS) is 14.7. The zero-order valence-corrected chi connectivity index (χ0v) is 23.7. The number of hydrogen-bond donors (Lipinski definition) is 0. The van der Waals surface area contributed by atoms with Crippen molar-refractivity contribution in [3.63, 3.8) is 0 Å². The van der Waals surface area contributed by atoms with Crippen LogP contribution in [0.15, 0.2) is 69.9 Å². The smallest absolute Gasteiger partial charge is 0.290 e. The molecule has 40 heavy (non-hydrogen) atoms. The maximum absolute atomic E-state index is 14.0. The highest BCUT2D eigenvalue weighted by Crippen LogP contribution is 2.41. The van der Waals surface area contributed by atoms with E-state index < -0.39 is 6.04 Å². The summed E-state index contributed by atoms with van der Waals surface area (Å²) >= 11 is 0. The topological polar surface area (TPSA) is 78.2 Å². The van der Waals surface area contributed by atoms with Crippen LogP contribution in [0.5, 0.6) is 11.5 Å². The molecule has 1 aliphatic rings. The summed E-state index contributed by atoms with van der Waals surface area (Å²) < 4.78 is 23.7. The molecular weight excluding hydrogens is 506 g/mol. The van der Waals surface area contributed by atoms with Crippen molar-refractivity contribution in [3.05, 3.63) is 104 Å². The highest BCUT2D eigenvalue weighted by molar-refractivity contribution is 5.99. The van der Waals surface area contributed by atoms with Crippen molar-refractivity contribution in [3.8, 4) is 11.5 Å². The molecule has 0 spiro atoms. The molecule has 208 valence electrons. The SMILES string of the molecule is COc1cc(C2c3c(oc4cc(C)cc(C)c4c3=O)C(=O)N2CCCOC(C)C)ccc1OCc1ccccc1. The van der Waals surface area contributed by atoms with Crippen molar-refractivity contribution in [1.29, 1.82) is 0 Å². The maximum Gasteiger partial charge on any atom is 0.290 e. The van der Waals surface area contributed by atoms with Gasteiger partial charge in [-0.2, -0.15) is 0 Å². The minimum absolute atomic E-state index is 0.0923. The summed E-state index contributed by atoms with van der Waals surface area (Å²) in [5.41, 5.74) is 4.18. The first-order valence-electron chi connectivity index (χ1n) is 13.6. The van der Waals surface area contributed by atoms with E-state index in [-0.39, 0.29) is 23.2 Å². The number of aryl methyl sites for hydroxylation is 2. The van der Waals surface area contributed by atoms with Gasteiger partial charge in [0.05, 0.1) is 30.2 Å². The lowest BCUT2D eigenvalue weighted by Crippen LogP contribution is -2.31. The Morgan fingerprint density at radius 1 is 0.975 bits per heavy atom. The van der Waals surface area contributed by atoms with Crippen molar-refractivity contribution >= 4 is 16.9 Å². The summed E-state index contributed by atoms with van der Waals surface area (Å²) in [6.45, 7) is 9.09. The number of benzene rings is 3. The summed E-state index contributed by atoms with van der Waals surface area (Å²) in [6, 6.07) is 18.6. The second-order valence-electron chi connectivity index (χ2n) is 10.5. The van der Waals surface area contributed by atoms with Gasteiger partial charge in [-0.1, -0.05) is 42.5 Å². The number of amides is 1. The van der Waals surface area contributed by atoms with Crippen LogP contribution in [0.3, 0.4) is 0 Å². The van der Waals surface area contributed by atoms with Gasteiger partial charge in [0, 0.05) is 13.2 Å². The number of nitrogens with zero attached hydrogens (tertiary/aromatic N) is 1. The molecule has 1 aliphatic heterocycles. The third kappa shape index (κ3) is 5.34. The Morgan fingerprint density at radius 2 is 1.75 bits per heavy atom. The number of methoxy groups -OCH3 is 1. The summed E-state index contributed by atoms with van der Waals surface area (Å²) in [4.78, 5) is 29.5. The van der Waals surface area contributed by atoms with Crippen LogP contribution in [-0.4, -0.2) is 37.2 Å². The van der Waals surface area contributed by atoms with E-state index >= 15 is 0 Å². The zero-order valence-electron chi connectivity index (χ0n) is 23.7. The monoisotopic (exact) mass is 541 g/mol. The summed E-state index contributed by atoms with van der Waals surface area (Å²) in [5.74, 6) is 0.898. The van der Waals surface area contributed by atoms with Gasteiger partial charge in [0.15, 0.2) is 16.9 Å². The molecule has 1 atom stereocenters. The van der Waals surface area contributed by atoms with E-state index in [2.05, 4.69) is 0 Å². The van der Waals surface area contributed by atoms with Gasteiger partial charge in [-0.25, -0.2) is 0 Å². The fraction of sp³-hybridized carbons (Fsp3) is 0.333. The van der Waals surface area contributed by atoms with Crippen LogP contribution in [0.4, 0.5) is 0 Å². The van der Waals surface area contributed by atoms with Crippen LogP contribution in [0, 0.1) is 13.8 Å². The van der Waals surface area contributed by atoms with Gasteiger partial charge in [0.1, 0.15) is 12.2 Å². The lowest BCUT2D eigenvalue weighted by molar-refractivity contribution is 0.0593. The van der Waals surface area contributed by atoms with Crippen molar-refractivity contribution < 1.29 is 23.4 Å². The predicted molar refractivity (Wildman–Crippen MR) is 154 cm³/mol. The number of ether oxygens (including phenoxy) is 3. The first kappa shape index (κ1) is 27.5. The Kier molecular flexibility index (Phi) is 7.94. The fourth-order valence-electron chi connectivity index (χ4n) is 5.35. The third-order valence-electron chi connectivity index (χ3n) is 7.15. The first-order valence-corrected chi connectivity index (χ1v) is 13.6. The average Bonchev–Trinajstić information content (AvgIpc) is 3.21. The summed E-state index contributed by atoms with van der Waals surface area (Å²) in [5, 5.41) is 0.502. The number of rotatable bonds is 10. The first-order chi connectivity index (χ1) is 19.3. The highest BCUT2D eigenvalue weighted by atomic mass is 16.5. The Hall–Kier alpha value is -4.10. The fourth-order valence-corrected chi connectivity index (χ4v) is 5.35. The molecule has 0 saturated heterocycles. The van der Waals surface area contributed by atoms with Gasteiger partial charge >= 0.3 is 0 Å². The van der Waals surface area contributed by atoms with E-state index in [0.29, 0.717) is 54.2 Å². The Labute approximate surface area is 234 Å². The van der Waals surface area contributed by atoms with Crippen molar-refractivity contribution in [2.24, 2.45) is 0 Å². The van der Waals surface area contributed by atoms with Gasteiger partial charge in [-0.05, 0) is 74.6 Å². The Bertz CT molecular complexity index is 1590. The molecule has 1 amide bonds. The molecule has 0 bridgehead atoms. The molecule has 0 fully saturated rings. The number of carbonyl (C=O) groups excluding carboxylic acids is 1. The van der Waals surface area contributed by atoms with Gasteiger partial charge in [0.25, 0.3) is 5.91 Å². The van der Waals surface area contributed by atoms with E-state index in [9.17, 15) is 9.59 Å². The molecule has 0 aliphatic carbocycles. The third-order valence-corrected chi connectivity index (χ3v) is 7.15. The van der Waals surface area contributed by atoms with E-state index in [1.807, 2.05) is 88.4 Å². The van der Waals surface area contributed by atoms with Crippen molar-refractivity contribution in [2.75, 3.05) is 20.3 Å². The quantitative estimate of drug-likeness (QED) is 0.218. The largest absolute Gasteiger partial charge is 0.493 e. The number of hydrogen-bond acceptors (Lipinski definition) is 6. The maximum atomic E-state index is 14.0. The van der Waals surface area contributed by atoms with Crippen LogP contribution in [-0.2, 0) is 11.3 Å². The Balaban J connectivity index is 1.56. The molecule has 0 radical (unpaired) electrons. The van der Waals surface area contributed by atoms with Crippen molar-refractivity contribution in [1.82, 2.24) is 4.90 Å². The van der Waals surface area contributed by atoms with Gasteiger partial charge in [-0.15, -0.1) is 0 Å². The van der Waals surface area contributed by atoms with Gasteiger partial charge < -0.3 is 23.5 Å². The molecule has 3 aromatic carbocycles. The van der Waals surface area contributed by atoms with Crippen LogP contribution >= 0.6 is 0 Å². The molecule has 4 aromatic rings. The van der Waals surface area contributed by atoms with Crippen LogP contribution in [0.2, 0.25) is 0 Å². The second-order valence-corrected chi connectivity index (χ2v) is 10.5. The van der Waals surface area contributed by atoms with Crippen LogP contribution < -0.4 is 14.9 Å². The van der Waals surface area contributed by atoms with Crippen molar-refractivity contribution in [2.45, 2.75) is 52.9 Å². The number of fused-ring (bicyclic) bond motifs is 2. The molecule has 2 heterocycles. The second kappa shape index (κ2) is 11.6. The molecule has 1 unspecified atom stereocenters. The molecule has 0 N–H and O–H groups in total. The van der Waals surface area contributed by atoms with E-state index in [4.69, 9.17) is 18.6 Å². The van der Waals surface area contributed by atoms with Gasteiger partial charge in [-0.3, -0.25) is 9.59 Å². The molecular formula is C33H35NO6. The molecule has 7 heteroatoms. The lowest BCUT2D eigenvalue weighted by Gasteiger charge is -2.26. The highest BCUT2D eigenvalue weighted by Gasteiger charge is 2.43. The van der Waals surface area contributed by atoms with Crippen LogP contribution in [0.25, 0.3) is 11.0 Å². The standard InChI is InChI=1S/C33H35NO6/c1-20(2)38-15-9-14-34-30(24-12-13-25(26(18-24)37-5)39-19-23-10-7-6-8-11-23)29-31(35)28-22(4)16-21(3)17-27(28)40-32(29)33(34)36/h6-8,10-13,16-18,20,30H,9,14-15,19H2,1-5H3. The van der Waals surface area contributed by atoms with E-state index in [1.165, 1.54) is 0 Å². The molecule has 5 rings (SSSR count). The lowest BCUT2D eigenvalue weighted by atomic mass is 9.96. The predicted octanol–water partition coefficient (Wildman–Crippen LogP) is 6.36. The summed E-state index contributed by atoms with van der Waals surface area (Å²) in [7, 11) is 1.58.